The van der Waals surface area contributed by atoms with Crippen LogP contribution in [0, 0.1) is 0 Å². The molecular formula is C17H20N2O4. The first-order valence-electron chi connectivity index (χ1n) is 7.79. The number of H-pyrrole nitrogens is 1. The van der Waals surface area contributed by atoms with Crippen molar-refractivity contribution in [3.05, 3.63) is 36.0 Å². The highest BCUT2D eigenvalue weighted by molar-refractivity contribution is 5.80. The number of aromatic amines is 1. The van der Waals surface area contributed by atoms with Gasteiger partial charge in [0.2, 0.25) is 5.91 Å². The van der Waals surface area contributed by atoms with Crippen LogP contribution in [0.1, 0.15) is 18.4 Å². The lowest BCUT2D eigenvalue weighted by molar-refractivity contribution is -0.147. The van der Waals surface area contributed by atoms with Gasteiger partial charge in [0.25, 0.3) is 0 Å². The number of rotatable bonds is 5. The van der Waals surface area contributed by atoms with Crippen molar-refractivity contribution < 1.29 is 19.4 Å². The number of aliphatic carboxylic acids is 1. The molecule has 3 rings (SSSR count). The van der Waals surface area contributed by atoms with Crippen molar-refractivity contribution in [1.82, 2.24) is 9.88 Å². The normalized spacial score (nSPS) is 18.3. The van der Waals surface area contributed by atoms with E-state index in [1.165, 1.54) is 0 Å². The second-order valence-corrected chi connectivity index (χ2v) is 5.83. The molecule has 122 valence electrons. The molecule has 0 bridgehead atoms. The first-order valence-corrected chi connectivity index (χ1v) is 7.79. The van der Waals surface area contributed by atoms with Crippen LogP contribution < -0.4 is 0 Å². The summed E-state index contributed by atoms with van der Waals surface area (Å²) in [7, 11) is 0. The maximum absolute atomic E-state index is 12.3. The second kappa shape index (κ2) is 6.83. The topological polar surface area (TPSA) is 82.6 Å². The summed E-state index contributed by atoms with van der Waals surface area (Å²) in [4.78, 5) is 27.9. The Morgan fingerprint density at radius 3 is 3.04 bits per heavy atom. The summed E-state index contributed by atoms with van der Waals surface area (Å²) in [5.74, 6) is -0.845. The van der Waals surface area contributed by atoms with Gasteiger partial charge in [0, 0.05) is 31.2 Å². The van der Waals surface area contributed by atoms with Crippen LogP contribution in [-0.4, -0.2) is 52.7 Å². The van der Waals surface area contributed by atoms with E-state index in [4.69, 9.17) is 9.84 Å². The first kappa shape index (κ1) is 15.6. The smallest absolute Gasteiger partial charge is 0.306 e. The molecule has 0 spiro atoms. The van der Waals surface area contributed by atoms with E-state index in [-0.39, 0.29) is 12.3 Å². The maximum atomic E-state index is 12.3. The highest BCUT2D eigenvalue weighted by atomic mass is 16.5. The number of carboxylic acids is 1. The molecule has 6 nitrogen and oxygen atoms in total. The number of ether oxygens (including phenoxy) is 1. The lowest BCUT2D eigenvalue weighted by atomic mass is 10.1. The van der Waals surface area contributed by atoms with Gasteiger partial charge in [-0.3, -0.25) is 9.59 Å². The van der Waals surface area contributed by atoms with Crippen LogP contribution in [-0.2, 0) is 20.7 Å². The Kier molecular flexibility index (Phi) is 4.62. The van der Waals surface area contributed by atoms with E-state index in [0.717, 1.165) is 16.5 Å². The van der Waals surface area contributed by atoms with E-state index in [9.17, 15) is 9.59 Å². The number of hydrogen-bond acceptors (Lipinski definition) is 3. The van der Waals surface area contributed by atoms with Crippen LogP contribution in [0.5, 0.6) is 0 Å². The fraction of sp³-hybridized carbons (Fsp3) is 0.412. The molecule has 0 radical (unpaired) electrons. The molecule has 0 saturated carbocycles. The lowest BCUT2D eigenvalue weighted by Gasteiger charge is -2.32. The zero-order valence-electron chi connectivity index (χ0n) is 12.8. The Bertz CT molecular complexity index is 709. The van der Waals surface area contributed by atoms with Crippen molar-refractivity contribution in [3.8, 4) is 0 Å². The van der Waals surface area contributed by atoms with Crippen molar-refractivity contribution in [1.29, 1.82) is 0 Å². The van der Waals surface area contributed by atoms with E-state index in [0.29, 0.717) is 32.5 Å². The predicted octanol–water partition coefficient (Wildman–Crippen LogP) is 1.80. The van der Waals surface area contributed by atoms with E-state index < -0.39 is 12.1 Å². The average Bonchev–Trinajstić information content (AvgIpc) is 3.00. The third-order valence-corrected chi connectivity index (χ3v) is 4.14. The number of carbonyl (C=O) groups is 2. The average molecular weight is 316 g/mol. The van der Waals surface area contributed by atoms with E-state index >= 15 is 0 Å². The zero-order valence-corrected chi connectivity index (χ0v) is 12.8. The number of morpholine rings is 1. The van der Waals surface area contributed by atoms with Gasteiger partial charge in [-0.15, -0.1) is 0 Å². The number of carbonyl (C=O) groups excluding carboxylic acids is 1. The van der Waals surface area contributed by atoms with Crippen LogP contribution >= 0.6 is 0 Å². The van der Waals surface area contributed by atoms with Gasteiger partial charge in [-0.1, -0.05) is 6.07 Å². The summed E-state index contributed by atoms with van der Waals surface area (Å²) in [6, 6.07) is 8.15. The summed E-state index contributed by atoms with van der Waals surface area (Å²) < 4.78 is 5.39. The quantitative estimate of drug-likeness (QED) is 0.881. The van der Waals surface area contributed by atoms with Gasteiger partial charge < -0.3 is 19.7 Å². The van der Waals surface area contributed by atoms with Crippen LogP contribution in [0.25, 0.3) is 10.9 Å². The molecule has 2 aromatic rings. The molecule has 1 unspecified atom stereocenters. The zero-order chi connectivity index (χ0) is 16.2. The second-order valence-electron chi connectivity index (χ2n) is 5.83. The number of fused-ring (bicyclic) bond motifs is 1. The Hall–Kier alpha value is -2.34. The fourth-order valence-corrected chi connectivity index (χ4v) is 2.93. The number of hydrogen-bond donors (Lipinski definition) is 2. The van der Waals surface area contributed by atoms with Gasteiger partial charge in [-0.05, 0) is 35.6 Å². The standard InChI is InChI=1S/C17H20N2O4/c20-16(19-7-8-23-14(11-19)10-17(21)22)4-2-12-1-3-15-13(9-12)5-6-18-15/h1,3,5-6,9,14,18H,2,4,7-8,10-11H2,(H,21,22). The van der Waals surface area contributed by atoms with Crippen molar-refractivity contribution in [2.45, 2.75) is 25.4 Å². The highest BCUT2D eigenvalue weighted by Crippen LogP contribution is 2.16. The number of benzene rings is 1. The molecule has 2 heterocycles. The molecule has 1 atom stereocenters. The minimum Gasteiger partial charge on any atom is -0.481 e. The fourth-order valence-electron chi connectivity index (χ4n) is 2.93. The van der Waals surface area contributed by atoms with E-state index in [2.05, 4.69) is 11.1 Å². The number of nitrogens with zero attached hydrogens (tertiary/aromatic N) is 1. The van der Waals surface area contributed by atoms with Crippen molar-refractivity contribution in [2.75, 3.05) is 19.7 Å². The highest BCUT2D eigenvalue weighted by Gasteiger charge is 2.25. The van der Waals surface area contributed by atoms with Gasteiger partial charge in [0.05, 0.1) is 19.1 Å². The number of nitrogens with one attached hydrogen (secondary N) is 1. The van der Waals surface area contributed by atoms with Gasteiger partial charge in [0.15, 0.2) is 0 Å². The third-order valence-electron chi connectivity index (χ3n) is 4.14. The summed E-state index contributed by atoms with van der Waals surface area (Å²) in [6.45, 7) is 1.30. The molecule has 1 aromatic carbocycles. The van der Waals surface area contributed by atoms with Crippen LogP contribution in [0.15, 0.2) is 30.5 Å². The van der Waals surface area contributed by atoms with Gasteiger partial charge in [0.1, 0.15) is 0 Å². The molecule has 23 heavy (non-hydrogen) atoms. The number of amides is 1. The Morgan fingerprint density at radius 2 is 2.22 bits per heavy atom. The molecule has 2 N–H and O–H groups in total. The Balaban J connectivity index is 1.54. The van der Waals surface area contributed by atoms with Crippen molar-refractivity contribution in [2.24, 2.45) is 0 Å². The minimum absolute atomic E-state index is 0.0536. The minimum atomic E-state index is -0.899. The van der Waals surface area contributed by atoms with E-state index in [1.54, 1.807) is 4.90 Å². The van der Waals surface area contributed by atoms with Gasteiger partial charge in [-0.2, -0.15) is 0 Å². The Labute approximate surface area is 134 Å². The summed E-state index contributed by atoms with van der Waals surface area (Å²) in [6.07, 6.45) is 2.54. The summed E-state index contributed by atoms with van der Waals surface area (Å²) >= 11 is 0. The number of aromatic nitrogens is 1. The molecule has 1 aliphatic heterocycles. The third kappa shape index (κ3) is 3.90. The van der Waals surface area contributed by atoms with Crippen LogP contribution in [0.3, 0.4) is 0 Å². The molecule has 1 fully saturated rings. The van der Waals surface area contributed by atoms with Crippen molar-refractivity contribution in [3.63, 3.8) is 0 Å². The van der Waals surface area contributed by atoms with E-state index in [1.807, 2.05) is 24.4 Å². The molecule has 1 saturated heterocycles. The van der Waals surface area contributed by atoms with Crippen LogP contribution in [0.4, 0.5) is 0 Å². The lowest BCUT2D eigenvalue weighted by Crippen LogP contribution is -2.46. The van der Waals surface area contributed by atoms with Gasteiger partial charge in [-0.25, -0.2) is 0 Å². The molecule has 0 aliphatic carbocycles. The van der Waals surface area contributed by atoms with Gasteiger partial charge >= 0.3 is 5.97 Å². The van der Waals surface area contributed by atoms with Crippen LogP contribution in [0.2, 0.25) is 0 Å². The summed E-state index contributed by atoms with van der Waals surface area (Å²) in [5.41, 5.74) is 2.21. The number of aryl methyl sites for hydroxylation is 1. The Morgan fingerprint density at radius 1 is 1.35 bits per heavy atom. The molecule has 1 aromatic heterocycles. The predicted molar refractivity (Wildman–Crippen MR) is 85.2 cm³/mol. The van der Waals surface area contributed by atoms with Crippen molar-refractivity contribution >= 4 is 22.8 Å². The maximum Gasteiger partial charge on any atom is 0.306 e. The largest absolute Gasteiger partial charge is 0.481 e. The first-order chi connectivity index (χ1) is 11.1. The monoisotopic (exact) mass is 316 g/mol. The number of carboxylic acid groups (broad SMARTS) is 1. The SMILES string of the molecule is O=C(O)CC1CN(C(=O)CCc2ccc3[nH]ccc3c2)CCO1. The molecule has 6 heteroatoms. The molecule has 1 aliphatic rings. The summed E-state index contributed by atoms with van der Waals surface area (Å²) in [5, 5.41) is 9.97. The molecular weight excluding hydrogens is 296 g/mol. The molecule has 1 amide bonds.